The molecule has 1 amide bonds. The highest BCUT2D eigenvalue weighted by molar-refractivity contribution is 7.89. The summed E-state index contributed by atoms with van der Waals surface area (Å²) in [4.78, 5) is 12.5. The van der Waals surface area contributed by atoms with Crippen LogP contribution in [0.25, 0.3) is 0 Å². The maximum Gasteiger partial charge on any atom is 0.243 e. The van der Waals surface area contributed by atoms with E-state index in [1.807, 2.05) is 27.7 Å². The molecule has 2 N–H and O–H groups in total. The number of rotatable bonds is 12. The molecule has 0 fully saturated rings. The largest absolute Gasteiger partial charge is 0.326 e. The predicted molar refractivity (Wildman–Crippen MR) is 130 cm³/mol. The highest BCUT2D eigenvalue weighted by Gasteiger charge is 2.25. The van der Waals surface area contributed by atoms with Crippen molar-refractivity contribution in [1.29, 1.82) is 0 Å². The van der Waals surface area contributed by atoms with E-state index in [1.54, 1.807) is 18.2 Å². The number of hydrogen-bond donors (Lipinski definition) is 2. The molecule has 0 unspecified atom stereocenters. The van der Waals surface area contributed by atoms with E-state index in [0.717, 1.165) is 0 Å². The van der Waals surface area contributed by atoms with Crippen LogP contribution in [-0.4, -0.2) is 46.7 Å². The number of benzene rings is 2. The highest BCUT2D eigenvalue weighted by atomic mass is 32.2. The minimum Gasteiger partial charge on any atom is -0.326 e. The highest BCUT2D eigenvalue weighted by Crippen LogP contribution is 2.21. The molecular weight excluding hydrogens is 462 g/mol. The predicted octanol–water partition coefficient (Wildman–Crippen LogP) is 3.30. The van der Waals surface area contributed by atoms with Crippen LogP contribution in [0.5, 0.6) is 0 Å². The molecule has 0 radical (unpaired) electrons. The van der Waals surface area contributed by atoms with E-state index in [2.05, 4.69) is 10.0 Å². The Morgan fingerprint density at radius 3 is 1.88 bits per heavy atom. The number of carbonyl (C=O) groups excluding carboxylic acids is 1. The summed E-state index contributed by atoms with van der Waals surface area (Å²) in [6, 6.07) is 13.9. The van der Waals surface area contributed by atoms with Crippen molar-refractivity contribution >= 4 is 31.6 Å². The third-order valence-corrected chi connectivity index (χ3v) is 7.93. The van der Waals surface area contributed by atoms with Gasteiger partial charge in [-0.2, -0.15) is 4.31 Å². The first-order chi connectivity index (χ1) is 15.4. The summed E-state index contributed by atoms with van der Waals surface area (Å²) in [5, 5.41) is 2.66. The molecule has 0 spiro atoms. The van der Waals surface area contributed by atoms with Gasteiger partial charge in [-0.3, -0.25) is 4.79 Å². The molecule has 0 aliphatic heterocycles. The number of nitrogens with one attached hydrogen (secondary N) is 2. The van der Waals surface area contributed by atoms with Crippen LogP contribution in [0, 0.1) is 11.8 Å². The zero-order valence-corrected chi connectivity index (χ0v) is 21.1. The molecule has 0 aliphatic rings. The fourth-order valence-electron chi connectivity index (χ4n) is 3.15. The molecule has 8 nitrogen and oxygen atoms in total. The Bertz CT molecular complexity index is 1100. The smallest absolute Gasteiger partial charge is 0.243 e. The molecule has 0 bridgehead atoms. The Morgan fingerprint density at radius 2 is 1.36 bits per heavy atom. The van der Waals surface area contributed by atoms with Crippen molar-refractivity contribution in [3.63, 3.8) is 0 Å². The lowest BCUT2D eigenvalue weighted by Crippen LogP contribution is -2.37. The molecule has 182 valence electrons. The van der Waals surface area contributed by atoms with Crippen LogP contribution >= 0.6 is 0 Å². The fourth-order valence-corrected chi connectivity index (χ4v) is 5.97. The topological polar surface area (TPSA) is 113 Å². The molecule has 2 rings (SSSR count). The van der Waals surface area contributed by atoms with Gasteiger partial charge in [0.05, 0.1) is 9.79 Å². The zero-order chi connectivity index (χ0) is 24.6. The van der Waals surface area contributed by atoms with Gasteiger partial charge in [-0.25, -0.2) is 21.6 Å². The van der Waals surface area contributed by atoms with Crippen molar-refractivity contribution in [2.45, 2.75) is 43.9 Å². The Kier molecular flexibility index (Phi) is 9.59. The third-order valence-electron chi connectivity index (χ3n) is 4.61. The number of nitrogens with zero attached hydrogens (tertiary/aromatic N) is 1. The van der Waals surface area contributed by atoms with Crippen molar-refractivity contribution in [2.75, 3.05) is 25.0 Å². The molecule has 0 saturated heterocycles. The van der Waals surface area contributed by atoms with E-state index >= 15 is 0 Å². The number of carbonyl (C=O) groups is 1. The lowest BCUT2D eigenvalue weighted by Gasteiger charge is -2.25. The molecular formula is C23H33N3O5S2. The Labute approximate surface area is 197 Å². The number of sulfonamides is 2. The standard InChI is InChI=1S/C23H33N3O5S2/c1-18(2)16-26(17-19(3)4)33(30,31)22-12-10-20(11-13-22)25-23(27)14-15-24-32(28,29)21-8-6-5-7-9-21/h5-13,18-19,24H,14-17H2,1-4H3,(H,25,27). The first-order valence-corrected chi connectivity index (χ1v) is 13.8. The number of anilines is 1. The van der Waals surface area contributed by atoms with Gasteiger partial charge in [-0.1, -0.05) is 45.9 Å². The first kappa shape index (κ1) is 27.0. The van der Waals surface area contributed by atoms with Gasteiger partial charge in [0.25, 0.3) is 0 Å². The first-order valence-electron chi connectivity index (χ1n) is 10.9. The fraction of sp³-hybridized carbons (Fsp3) is 0.435. The third kappa shape index (κ3) is 8.22. The summed E-state index contributed by atoms with van der Waals surface area (Å²) >= 11 is 0. The van der Waals surface area contributed by atoms with E-state index in [-0.39, 0.29) is 40.5 Å². The second kappa shape index (κ2) is 11.7. The van der Waals surface area contributed by atoms with Crippen molar-refractivity contribution in [2.24, 2.45) is 11.8 Å². The van der Waals surface area contributed by atoms with Gasteiger partial charge in [-0.05, 0) is 48.2 Å². The lowest BCUT2D eigenvalue weighted by molar-refractivity contribution is -0.116. The van der Waals surface area contributed by atoms with Gasteiger partial charge < -0.3 is 5.32 Å². The summed E-state index contributed by atoms with van der Waals surface area (Å²) < 4.78 is 54.4. The van der Waals surface area contributed by atoms with Gasteiger partial charge in [-0.15, -0.1) is 0 Å². The van der Waals surface area contributed by atoms with E-state index < -0.39 is 20.0 Å². The summed E-state index contributed by atoms with van der Waals surface area (Å²) in [5.74, 6) is -0.00425. The quantitative estimate of drug-likeness (QED) is 0.469. The zero-order valence-electron chi connectivity index (χ0n) is 19.5. The maximum absolute atomic E-state index is 13.1. The molecule has 0 heterocycles. The summed E-state index contributed by atoms with van der Waals surface area (Å²) in [6.07, 6.45) is -0.0668. The van der Waals surface area contributed by atoms with Gasteiger partial charge in [0, 0.05) is 31.7 Å². The molecule has 10 heteroatoms. The van der Waals surface area contributed by atoms with Crippen LogP contribution in [-0.2, 0) is 24.8 Å². The maximum atomic E-state index is 13.1. The van der Waals surface area contributed by atoms with E-state index in [4.69, 9.17) is 0 Å². The van der Waals surface area contributed by atoms with Crippen LogP contribution in [0.1, 0.15) is 34.1 Å². The van der Waals surface area contributed by atoms with Crippen molar-refractivity contribution in [1.82, 2.24) is 9.03 Å². The van der Waals surface area contributed by atoms with Crippen molar-refractivity contribution < 1.29 is 21.6 Å². The average molecular weight is 496 g/mol. The van der Waals surface area contributed by atoms with Crippen LogP contribution in [0.2, 0.25) is 0 Å². The molecule has 2 aromatic carbocycles. The van der Waals surface area contributed by atoms with Crippen LogP contribution in [0.15, 0.2) is 64.4 Å². The van der Waals surface area contributed by atoms with E-state index in [0.29, 0.717) is 18.8 Å². The number of amides is 1. The molecule has 0 saturated carbocycles. The SMILES string of the molecule is CC(C)CN(CC(C)C)S(=O)(=O)c1ccc(NC(=O)CCNS(=O)(=O)c2ccccc2)cc1. The Morgan fingerprint density at radius 1 is 0.818 bits per heavy atom. The normalized spacial score (nSPS) is 12.5. The van der Waals surface area contributed by atoms with Crippen LogP contribution in [0.3, 0.4) is 0 Å². The van der Waals surface area contributed by atoms with Gasteiger partial charge in [0.2, 0.25) is 26.0 Å². The summed E-state index contributed by atoms with van der Waals surface area (Å²) in [5.41, 5.74) is 0.434. The lowest BCUT2D eigenvalue weighted by atomic mass is 10.2. The Balaban J connectivity index is 1.97. The van der Waals surface area contributed by atoms with E-state index in [9.17, 15) is 21.6 Å². The van der Waals surface area contributed by atoms with Crippen molar-refractivity contribution in [3.8, 4) is 0 Å². The minimum atomic E-state index is -3.68. The molecule has 0 atom stereocenters. The van der Waals surface area contributed by atoms with E-state index in [1.165, 1.54) is 40.7 Å². The van der Waals surface area contributed by atoms with Gasteiger partial charge in [0.1, 0.15) is 0 Å². The van der Waals surface area contributed by atoms with Gasteiger partial charge in [0.15, 0.2) is 0 Å². The molecule has 0 aliphatic carbocycles. The van der Waals surface area contributed by atoms with Crippen molar-refractivity contribution in [3.05, 3.63) is 54.6 Å². The number of hydrogen-bond acceptors (Lipinski definition) is 5. The van der Waals surface area contributed by atoms with Crippen LogP contribution < -0.4 is 10.0 Å². The molecule has 2 aromatic rings. The summed E-state index contributed by atoms with van der Waals surface area (Å²) in [7, 11) is -7.33. The second-order valence-electron chi connectivity index (χ2n) is 8.64. The minimum absolute atomic E-state index is 0.0606. The van der Waals surface area contributed by atoms with Gasteiger partial charge >= 0.3 is 0 Å². The Hall–Kier alpha value is -2.27. The average Bonchev–Trinajstić information content (AvgIpc) is 2.73. The molecule has 0 aromatic heterocycles. The summed E-state index contributed by atoms with van der Waals surface area (Å²) in [6.45, 7) is 8.69. The van der Waals surface area contributed by atoms with Crippen LogP contribution in [0.4, 0.5) is 5.69 Å². The monoisotopic (exact) mass is 495 g/mol. The molecule has 33 heavy (non-hydrogen) atoms. The second-order valence-corrected chi connectivity index (χ2v) is 12.3.